The molecule has 31 heavy (non-hydrogen) atoms. The van der Waals surface area contributed by atoms with Crippen molar-refractivity contribution in [3.63, 3.8) is 0 Å². The van der Waals surface area contributed by atoms with E-state index < -0.39 is 5.97 Å². The van der Waals surface area contributed by atoms with Crippen LogP contribution in [-0.4, -0.2) is 34.2 Å². The third kappa shape index (κ3) is 4.51. The predicted octanol–water partition coefficient (Wildman–Crippen LogP) is 5.33. The summed E-state index contributed by atoms with van der Waals surface area (Å²) >= 11 is 6.02. The molecule has 0 aliphatic rings. The number of esters is 1. The first-order chi connectivity index (χ1) is 15.1. The van der Waals surface area contributed by atoms with Gasteiger partial charge in [0.1, 0.15) is 16.9 Å². The summed E-state index contributed by atoms with van der Waals surface area (Å²) in [5.41, 5.74) is 2.76. The third-order valence-electron chi connectivity index (χ3n) is 4.86. The number of carbonyl (C=O) groups excluding carboxylic acids is 1. The Hall–Kier alpha value is -3.45. The number of fused-ring (bicyclic) bond motifs is 1. The number of rotatable bonds is 7. The van der Waals surface area contributed by atoms with Gasteiger partial charge in [0.2, 0.25) is 5.82 Å². The van der Waals surface area contributed by atoms with Crippen LogP contribution in [-0.2, 0) is 4.74 Å². The van der Waals surface area contributed by atoms with E-state index in [4.69, 9.17) is 20.9 Å². The van der Waals surface area contributed by atoms with Gasteiger partial charge in [0.15, 0.2) is 0 Å². The molecule has 0 fully saturated rings. The zero-order chi connectivity index (χ0) is 21.8. The summed E-state index contributed by atoms with van der Waals surface area (Å²) in [6, 6.07) is 17.4. The lowest BCUT2D eigenvalue weighted by Crippen LogP contribution is -2.15. The molecule has 0 aliphatic carbocycles. The number of nitrogens with zero attached hydrogens (tertiary/aromatic N) is 3. The Morgan fingerprint density at radius 3 is 2.58 bits per heavy atom. The number of halogens is 1. The number of hydrogen-bond donors (Lipinski definition) is 1. The summed E-state index contributed by atoms with van der Waals surface area (Å²) in [7, 11) is 0. The van der Waals surface area contributed by atoms with Crippen molar-refractivity contribution in [3.8, 4) is 11.3 Å². The number of hydrogen-bond acceptors (Lipinski definition) is 7. The van der Waals surface area contributed by atoms with E-state index in [2.05, 4.69) is 39.5 Å². The minimum Gasteiger partial charge on any atom is -0.460 e. The summed E-state index contributed by atoms with van der Waals surface area (Å²) in [6.45, 7) is 4.65. The monoisotopic (exact) mass is 436 g/mol. The van der Waals surface area contributed by atoms with Crippen molar-refractivity contribution < 1.29 is 14.1 Å². The van der Waals surface area contributed by atoms with E-state index in [9.17, 15) is 4.79 Å². The molecule has 1 atom stereocenters. The van der Waals surface area contributed by atoms with Crippen LogP contribution in [0.15, 0.2) is 59.1 Å². The van der Waals surface area contributed by atoms with Crippen LogP contribution in [0.25, 0.3) is 22.4 Å². The molecule has 0 aliphatic heterocycles. The lowest BCUT2D eigenvalue weighted by Gasteiger charge is -2.14. The number of benzene rings is 2. The Morgan fingerprint density at radius 2 is 1.87 bits per heavy atom. The van der Waals surface area contributed by atoms with Gasteiger partial charge in [-0.05, 0) is 30.5 Å². The second-order valence-electron chi connectivity index (χ2n) is 7.03. The quantitative estimate of drug-likeness (QED) is 0.391. The lowest BCUT2D eigenvalue weighted by atomic mass is 10.0. The minimum absolute atomic E-state index is 0.0805. The molecule has 2 heterocycles. The predicted molar refractivity (Wildman–Crippen MR) is 119 cm³/mol. The Bertz CT molecular complexity index is 1190. The Morgan fingerprint density at radius 1 is 1.13 bits per heavy atom. The average Bonchev–Trinajstić information content (AvgIpc) is 3.22. The molecule has 0 saturated heterocycles. The van der Waals surface area contributed by atoms with Crippen molar-refractivity contribution >= 4 is 34.5 Å². The molecule has 0 bridgehead atoms. The van der Waals surface area contributed by atoms with Crippen LogP contribution in [0, 0.1) is 0 Å². The fraction of sp³-hybridized carbons (Fsp3) is 0.217. The van der Waals surface area contributed by atoms with Crippen molar-refractivity contribution in [3.05, 3.63) is 71.0 Å². The largest absolute Gasteiger partial charge is 0.460 e. The fourth-order valence-electron chi connectivity index (χ4n) is 3.22. The first kappa shape index (κ1) is 20.8. The highest BCUT2D eigenvalue weighted by Gasteiger charge is 2.22. The maximum atomic E-state index is 12.3. The molecule has 4 rings (SSSR count). The second-order valence-corrected chi connectivity index (χ2v) is 7.46. The highest BCUT2D eigenvalue weighted by atomic mass is 35.5. The molecule has 0 radical (unpaired) electrons. The highest BCUT2D eigenvalue weighted by molar-refractivity contribution is 6.30. The Kier molecular flexibility index (Phi) is 6.13. The number of aromatic nitrogens is 3. The minimum atomic E-state index is -0.618. The first-order valence-corrected chi connectivity index (χ1v) is 10.3. The Labute approximate surface area is 184 Å². The van der Waals surface area contributed by atoms with Crippen molar-refractivity contribution in [2.45, 2.75) is 19.8 Å². The van der Waals surface area contributed by atoms with Gasteiger partial charge in [0, 0.05) is 17.1 Å². The SMILES string of the molecule is CCOC(=O)c1nc(NCC(C)c2ccccc2)c2c(-c3ccc(Cl)cc3)noc2n1. The number of nitrogens with one attached hydrogen (secondary N) is 1. The van der Waals surface area contributed by atoms with E-state index in [-0.39, 0.29) is 24.1 Å². The van der Waals surface area contributed by atoms with Gasteiger partial charge < -0.3 is 14.6 Å². The van der Waals surface area contributed by atoms with E-state index in [1.807, 2.05) is 30.3 Å². The van der Waals surface area contributed by atoms with Crippen LogP contribution in [0.1, 0.15) is 35.9 Å². The van der Waals surface area contributed by atoms with E-state index in [0.29, 0.717) is 28.5 Å². The fourth-order valence-corrected chi connectivity index (χ4v) is 3.35. The van der Waals surface area contributed by atoms with Gasteiger partial charge in [-0.2, -0.15) is 4.98 Å². The molecule has 1 unspecified atom stereocenters. The first-order valence-electron chi connectivity index (χ1n) is 9.96. The van der Waals surface area contributed by atoms with Crippen LogP contribution in [0.3, 0.4) is 0 Å². The average molecular weight is 437 g/mol. The van der Waals surface area contributed by atoms with Crippen LogP contribution in [0.5, 0.6) is 0 Å². The van der Waals surface area contributed by atoms with Gasteiger partial charge in [-0.15, -0.1) is 0 Å². The van der Waals surface area contributed by atoms with Crippen molar-refractivity contribution in [2.24, 2.45) is 0 Å². The van der Waals surface area contributed by atoms with Gasteiger partial charge in [-0.25, -0.2) is 9.78 Å². The molecule has 0 spiro atoms. The summed E-state index contributed by atoms with van der Waals surface area (Å²) in [4.78, 5) is 20.9. The number of ether oxygens (including phenoxy) is 1. The van der Waals surface area contributed by atoms with Gasteiger partial charge in [-0.3, -0.25) is 0 Å². The molecule has 4 aromatic rings. The van der Waals surface area contributed by atoms with Crippen molar-refractivity contribution in [2.75, 3.05) is 18.5 Å². The summed E-state index contributed by atoms with van der Waals surface area (Å²) < 4.78 is 10.5. The zero-order valence-corrected chi connectivity index (χ0v) is 17.9. The third-order valence-corrected chi connectivity index (χ3v) is 5.11. The molecule has 8 heteroatoms. The molecule has 158 valence electrons. The van der Waals surface area contributed by atoms with Gasteiger partial charge in [-0.1, -0.05) is 66.1 Å². The lowest BCUT2D eigenvalue weighted by molar-refractivity contribution is 0.0512. The molecule has 0 amide bonds. The van der Waals surface area contributed by atoms with Gasteiger partial charge in [0.25, 0.3) is 5.71 Å². The van der Waals surface area contributed by atoms with Gasteiger partial charge in [0.05, 0.1) is 6.61 Å². The van der Waals surface area contributed by atoms with E-state index >= 15 is 0 Å². The molecule has 0 saturated carbocycles. The Balaban J connectivity index is 1.74. The van der Waals surface area contributed by atoms with Crippen LogP contribution in [0.2, 0.25) is 5.02 Å². The number of carbonyl (C=O) groups is 1. The highest BCUT2D eigenvalue weighted by Crippen LogP contribution is 2.33. The molecule has 2 aromatic carbocycles. The van der Waals surface area contributed by atoms with Crippen molar-refractivity contribution in [1.29, 1.82) is 0 Å². The number of anilines is 1. The molecule has 7 nitrogen and oxygen atoms in total. The van der Waals surface area contributed by atoms with E-state index in [1.54, 1.807) is 19.1 Å². The molecular weight excluding hydrogens is 416 g/mol. The zero-order valence-electron chi connectivity index (χ0n) is 17.1. The summed E-state index contributed by atoms with van der Waals surface area (Å²) in [5, 5.41) is 8.73. The summed E-state index contributed by atoms with van der Waals surface area (Å²) in [5.74, 6) is -0.0332. The molecular formula is C23H21ClN4O3. The standard InChI is InChI=1S/C23H21ClN4O3/c1-3-30-23(29)21-26-20(25-13-14(2)15-7-5-4-6-8-15)18-19(28-31-22(18)27-21)16-9-11-17(24)12-10-16/h4-12,14H,3,13H2,1-2H3,(H,25,26,27). The van der Waals surface area contributed by atoms with Crippen LogP contribution in [0.4, 0.5) is 5.82 Å². The summed E-state index contributed by atoms with van der Waals surface area (Å²) in [6.07, 6.45) is 0. The normalized spacial score (nSPS) is 12.0. The van der Waals surface area contributed by atoms with Crippen LogP contribution < -0.4 is 5.32 Å². The smallest absolute Gasteiger partial charge is 0.376 e. The van der Waals surface area contributed by atoms with E-state index in [1.165, 1.54) is 5.56 Å². The van der Waals surface area contributed by atoms with Crippen LogP contribution >= 0.6 is 11.6 Å². The van der Waals surface area contributed by atoms with Gasteiger partial charge >= 0.3 is 5.97 Å². The topological polar surface area (TPSA) is 90.1 Å². The van der Waals surface area contributed by atoms with E-state index in [0.717, 1.165) is 5.56 Å². The van der Waals surface area contributed by atoms with Crippen molar-refractivity contribution in [1.82, 2.24) is 15.1 Å². The molecule has 2 aromatic heterocycles. The molecule has 1 N–H and O–H groups in total. The maximum Gasteiger partial charge on any atom is 0.376 e. The second kappa shape index (κ2) is 9.14. The maximum absolute atomic E-state index is 12.3.